The van der Waals surface area contributed by atoms with Gasteiger partial charge in [-0.2, -0.15) is 0 Å². The molecule has 1 aromatic rings. The molecule has 2 atom stereocenters. The van der Waals surface area contributed by atoms with Crippen LogP contribution < -0.4 is 4.90 Å². The van der Waals surface area contributed by atoms with E-state index in [-0.39, 0.29) is 17.8 Å². The number of morpholine rings is 1. The van der Waals surface area contributed by atoms with Crippen LogP contribution in [-0.2, 0) is 26.0 Å². The van der Waals surface area contributed by atoms with Gasteiger partial charge >= 0.3 is 0 Å². The van der Waals surface area contributed by atoms with Crippen molar-refractivity contribution in [3.8, 4) is 0 Å². The lowest BCUT2D eigenvalue weighted by Crippen LogP contribution is -3.15. The van der Waals surface area contributed by atoms with Crippen LogP contribution in [0.5, 0.6) is 0 Å². The van der Waals surface area contributed by atoms with E-state index in [4.69, 9.17) is 14.2 Å². The van der Waals surface area contributed by atoms with Crippen molar-refractivity contribution in [3.63, 3.8) is 0 Å². The largest absolute Gasteiger partial charge is 0.370 e. The Labute approximate surface area is 146 Å². The van der Waals surface area contributed by atoms with Gasteiger partial charge < -0.3 is 19.1 Å². The van der Waals surface area contributed by atoms with Crippen LogP contribution in [0.1, 0.15) is 38.3 Å². The summed E-state index contributed by atoms with van der Waals surface area (Å²) in [5, 5.41) is 0. The van der Waals surface area contributed by atoms with Gasteiger partial charge in [-0.05, 0) is 23.0 Å². The van der Waals surface area contributed by atoms with Crippen LogP contribution in [0.3, 0.4) is 0 Å². The molecule has 2 saturated heterocycles. The predicted octanol–water partition coefficient (Wildman–Crippen LogP) is 1.57. The lowest BCUT2D eigenvalue weighted by Gasteiger charge is -2.25. The molecule has 1 aromatic carbocycles. The van der Waals surface area contributed by atoms with Crippen molar-refractivity contribution in [2.75, 3.05) is 39.5 Å². The maximum absolute atomic E-state index is 6.08. The molecule has 0 unspecified atom stereocenters. The molecule has 4 heteroatoms. The molecular formula is C20H32NO3+. The number of hydrogen-bond acceptors (Lipinski definition) is 3. The van der Waals surface area contributed by atoms with Crippen molar-refractivity contribution in [2.24, 2.45) is 0 Å². The number of ether oxygens (including phenoxy) is 3. The normalized spacial score (nSPS) is 26.0. The highest BCUT2D eigenvalue weighted by molar-refractivity contribution is 5.27. The number of benzene rings is 1. The Hall–Kier alpha value is -0.940. The van der Waals surface area contributed by atoms with E-state index in [9.17, 15) is 0 Å². The van der Waals surface area contributed by atoms with Gasteiger partial charge in [-0.3, -0.25) is 0 Å². The Morgan fingerprint density at radius 2 is 1.79 bits per heavy atom. The van der Waals surface area contributed by atoms with Gasteiger partial charge in [-0.1, -0.05) is 45.0 Å². The Morgan fingerprint density at radius 3 is 2.46 bits per heavy atom. The Morgan fingerprint density at radius 1 is 1.08 bits per heavy atom. The maximum atomic E-state index is 6.08. The molecule has 2 aliphatic heterocycles. The Kier molecular flexibility index (Phi) is 5.93. The average molecular weight is 334 g/mol. The summed E-state index contributed by atoms with van der Waals surface area (Å²) in [5.41, 5.74) is 2.95. The van der Waals surface area contributed by atoms with Gasteiger partial charge in [0.1, 0.15) is 25.7 Å². The lowest BCUT2D eigenvalue weighted by atomic mass is 9.86. The van der Waals surface area contributed by atoms with Gasteiger partial charge in [-0.25, -0.2) is 0 Å². The van der Waals surface area contributed by atoms with Crippen molar-refractivity contribution in [2.45, 2.75) is 51.4 Å². The van der Waals surface area contributed by atoms with Crippen molar-refractivity contribution >= 4 is 0 Å². The fourth-order valence-corrected chi connectivity index (χ4v) is 3.41. The summed E-state index contributed by atoms with van der Waals surface area (Å²) in [6, 6.07) is 8.97. The second kappa shape index (κ2) is 7.96. The molecule has 2 heterocycles. The van der Waals surface area contributed by atoms with Crippen molar-refractivity contribution in [3.05, 3.63) is 35.4 Å². The third kappa shape index (κ3) is 5.03. The van der Waals surface area contributed by atoms with Gasteiger partial charge in [-0.15, -0.1) is 0 Å². The van der Waals surface area contributed by atoms with E-state index in [2.05, 4.69) is 45.0 Å². The molecule has 0 saturated carbocycles. The second-order valence-corrected chi connectivity index (χ2v) is 8.07. The molecule has 4 nitrogen and oxygen atoms in total. The molecule has 0 bridgehead atoms. The van der Waals surface area contributed by atoms with Gasteiger partial charge in [0.15, 0.2) is 6.29 Å². The standard InChI is InChI=1S/C20H31NO3/c1-20(2,3)17-7-4-16(5-8-17)6-9-19-23-15-18(24-19)14-21-10-12-22-13-11-21/h4-5,7-8,18-19H,6,9-15H2,1-3H3/p+1/t18-,19+/m1/s1. The fraction of sp³-hybridized carbons (Fsp3) is 0.700. The van der Waals surface area contributed by atoms with E-state index < -0.39 is 0 Å². The zero-order valence-electron chi connectivity index (χ0n) is 15.3. The van der Waals surface area contributed by atoms with Crippen LogP contribution in [0, 0.1) is 0 Å². The molecule has 24 heavy (non-hydrogen) atoms. The lowest BCUT2D eigenvalue weighted by molar-refractivity contribution is -0.910. The molecule has 1 N–H and O–H groups in total. The number of hydrogen-bond donors (Lipinski definition) is 1. The molecule has 0 radical (unpaired) electrons. The van der Waals surface area contributed by atoms with E-state index in [1.165, 1.54) is 11.1 Å². The zero-order valence-corrected chi connectivity index (χ0v) is 15.3. The van der Waals surface area contributed by atoms with E-state index >= 15 is 0 Å². The predicted molar refractivity (Wildman–Crippen MR) is 94.5 cm³/mol. The molecule has 0 amide bonds. The quantitative estimate of drug-likeness (QED) is 0.887. The van der Waals surface area contributed by atoms with E-state index in [0.717, 1.165) is 52.3 Å². The van der Waals surface area contributed by atoms with Crippen molar-refractivity contribution in [1.29, 1.82) is 0 Å². The minimum absolute atomic E-state index is 0.0438. The van der Waals surface area contributed by atoms with Crippen LogP contribution in [0.4, 0.5) is 0 Å². The number of aryl methyl sites for hydroxylation is 1. The van der Waals surface area contributed by atoms with Gasteiger partial charge in [0.25, 0.3) is 0 Å². The highest BCUT2D eigenvalue weighted by Gasteiger charge is 2.29. The smallest absolute Gasteiger partial charge is 0.158 e. The molecular weight excluding hydrogens is 302 g/mol. The van der Waals surface area contributed by atoms with E-state index in [0.29, 0.717) is 0 Å². The monoisotopic (exact) mass is 334 g/mol. The van der Waals surface area contributed by atoms with Crippen LogP contribution in [0.25, 0.3) is 0 Å². The molecule has 2 fully saturated rings. The molecule has 2 aliphatic rings. The first-order valence-corrected chi connectivity index (χ1v) is 9.28. The second-order valence-electron chi connectivity index (χ2n) is 8.07. The molecule has 0 aliphatic carbocycles. The Bertz CT molecular complexity index is 503. The average Bonchev–Trinajstić information content (AvgIpc) is 3.01. The van der Waals surface area contributed by atoms with Crippen LogP contribution in [0.2, 0.25) is 0 Å². The summed E-state index contributed by atoms with van der Waals surface area (Å²) >= 11 is 0. The third-order valence-corrected chi connectivity index (χ3v) is 5.02. The van der Waals surface area contributed by atoms with Crippen LogP contribution in [-0.4, -0.2) is 51.8 Å². The minimum Gasteiger partial charge on any atom is -0.370 e. The molecule has 0 aromatic heterocycles. The minimum atomic E-state index is -0.0438. The molecule has 134 valence electrons. The maximum Gasteiger partial charge on any atom is 0.158 e. The third-order valence-electron chi connectivity index (χ3n) is 5.02. The Balaban J connectivity index is 1.41. The van der Waals surface area contributed by atoms with Crippen molar-refractivity contribution < 1.29 is 19.1 Å². The number of quaternary nitrogens is 1. The summed E-state index contributed by atoms with van der Waals surface area (Å²) in [7, 11) is 0. The number of rotatable bonds is 5. The first-order chi connectivity index (χ1) is 11.5. The summed E-state index contributed by atoms with van der Waals surface area (Å²) < 4.78 is 17.3. The first kappa shape index (κ1) is 17.9. The van der Waals surface area contributed by atoms with Crippen LogP contribution in [0.15, 0.2) is 24.3 Å². The molecule has 0 spiro atoms. The van der Waals surface area contributed by atoms with Gasteiger partial charge in [0, 0.05) is 6.42 Å². The van der Waals surface area contributed by atoms with Gasteiger partial charge in [0.2, 0.25) is 0 Å². The summed E-state index contributed by atoms with van der Waals surface area (Å²) in [6.07, 6.45) is 2.14. The van der Waals surface area contributed by atoms with E-state index in [1.54, 1.807) is 4.90 Å². The van der Waals surface area contributed by atoms with Crippen molar-refractivity contribution in [1.82, 2.24) is 0 Å². The summed E-state index contributed by atoms with van der Waals surface area (Å²) in [5.74, 6) is 0. The summed E-state index contributed by atoms with van der Waals surface area (Å²) in [6.45, 7) is 12.4. The topological polar surface area (TPSA) is 32.1 Å². The summed E-state index contributed by atoms with van der Waals surface area (Å²) in [4.78, 5) is 1.58. The van der Waals surface area contributed by atoms with Gasteiger partial charge in [0.05, 0.1) is 19.8 Å². The SMILES string of the molecule is CC(C)(C)c1ccc(CC[C@H]2OC[C@@H](C[NH+]3CCOCC3)O2)cc1. The zero-order chi connectivity index (χ0) is 17.0. The van der Waals surface area contributed by atoms with Crippen LogP contribution >= 0.6 is 0 Å². The highest BCUT2D eigenvalue weighted by Crippen LogP contribution is 2.23. The fourth-order valence-electron chi connectivity index (χ4n) is 3.41. The molecule has 3 rings (SSSR count). The first-order valence-electron chi connectivity index (χ1n) is 9.28. The number of nitrogens with one attached hydrogen (secondary N) is 1. The van der Waals surface area contributed by atoms with E-state index in [1.807, 2.05) is 0 Å². The highest BCUT2D eigenvalue weighted by atomic mass is 16.7.